The molecule has 0 amide bonds. The summed E-state index contributed by atoms with van der Waals surface area (Å²) in [5, 5.41) is 0. The van der Waals surface area contributed by atoms with Gasteiger partial charge in [0, 0.05) is 5.75 Å². The molecule has 0 saturated carbocycles. The number of hydrogen-bond donors (Lipinski definition) is 0. The Morgan fingerprint density at radius 3 is 2.33 bits per heavy atom. The SMILES string of the molecule is [Li+].[c-]1ccccc1OCc1ccccc1. The van der Waals surface area contributed by atoms with Crippen molar-refractivity contribution in [1.29, 1.82) is 0 Å². The topological polar surface area (TPSA) is 9.23 Å². The molecule has 2 heteroatoms. The predicted molar refractivity (Wildman–Crippen MR) is 56.1 cm³/mol. The van der Waals surface area contributed by atoms with Gasteiger partial charge in [0.1, 0.15) is 6.61 Å². The van der Waals surface area contributed by atoms with Crippen molar-refractivity contribution in [3.05, 3.63) is 66.2 Å². The first-order chi connectivity index (χ1) is 6.95. The van der Waals surface area contributed by atoms with Crippen LogP contribution < -0.4 is 23.6 Å². The van der Waals surface area contributed by atoms with E-state index >= 15 is 0 Å². The van der Waals surface area contributed by atoms with Gasteiger partial charge in [-0.1, -0.05) is 30.3 Å². The Bertz CT molecular complexity index is 333. The zero-order valence-corrected chi connectivity index (χ0v) is 8.81. The minimum Gasteiger partial charge on any atom is -0.515 e. The molecule has 0 aromatic heterocycles. The van der Waals surface area contributed by atoms with Gasteiger partial charge in [0.25, 0.3) is 0 Å². The second-order valence-electron chi connectivity index (χ2n) is 3.00. The number of benzene rings is 2. The van der Waals surface area contributed by atoms with Crippen LogP contribution in [0.5, 0.6) is 5.75 Å². The fourth-order valence-electron chi connectivity index (χ4n) is 1.20. The molecule has 0 aliphatic rings. The summed E-state index contributed by atoms with van der Waals surface area (Å²) in [6.07, 6.45) is 0. The second kappa shape index (κ2) is 6.35. The third kappa shape index (κ3) is 3.83. The monoisotopic (exact) mass is 190 g/mol. The first kappa shape index (κ1) is 11.9. The standard InChI is InChI=1S/C13H11O.Li/c1-3-7-12(8-4-1)11-14-13-9-5-2-6-10-13;/h1-9H,11H2;/q-1;+1. The average molecular weight is 190 g/mol. The van der Waals surface area contributed by atoms with Crippen LogP contribution in [0.2, 0.25) is 0 Å². The van der Waals surface area contributed by atoms with E-state index in [1.807, 2.05) is 54.6 Å². The van der Waals surface area contributed by atoms with Crippen molar-refractivity contribution in [2.45, 2.75) is 6.61 Å². The minimum absolute atomic E-state index is 0. The molecule has 2 aromatic carbocycles. The van der Waals surface area contributed by atoms with Crippen LogP contribution in [-0.2, 0) is 6.61 Å². The normalized spacial score (nSPS) is 9.07. The maximum atomic E-state index is 5.54. The first-order valence-corrected chi connectivity index (χ1v) is 4.58. The van der Waals surface area contributed by atoms with E-state index in [4.69, 9.17) is 4.74 Å². The number of para-hydroxylation sites is 1. The number of hydrogen-bond acceptors (Lipinski definition) is 1. The number of ether oxygens (including phenoxy) is 1. The van der Waals surface area contributed by atoms with E-state index in [1.54, 1.807) is 0 Å². The van der Waals surface area contributed by atoms with E-state index < -0.39 is 0 Å². The van der Waals surface area contributed by atoms with E-state index in [-0.39, 0.29) is 18.9 Å². The molecule has 70 valence electrons. The molecular formula is C13H11LiO. The van der Waals surface area contributed by atoms with E-state index in [0.29, 0.717) is 6.61 Å². The van der Waals surface area contributed by atoms with Crippen molar-refractivity contribution in [2.24, 2.45) is 0 Å². The zero-order valence-electron chi connectivity index (χ0n) is 8.81. The van der Waals surface area contributed by atoms with Gasteiger partial charge in [0.2, 0.25) is 0 Å². The van der Waals surface area contributed by atoms with Crippen molar-refractivity contribution in [1.82, 2.24) is 0 Å². The molecule has 0 aliphatic carbocycles. The number of rotatable bonds is 3. The van der Waals surface area contributed by atoms with Crippen LogP contribution in [0.25, 0.3) is 0 Å². The van der Waals surface area contributed by atoms with Crippen molar-refractivity contribution in [2.75, 3.05) is 0 Å². The summed E-state index contributed by atoms with van der Waals surface area (Å²) >= 11 is 0. The molecule has 1 nitrogen and oxygen atoms in total. The van der Waals surface area contributed by atoms with Crippen molar-refractivity contribution < 1.29 is 23.6 Å². The Morgan fingerprint density at radius 1 is 0.933 bits per heavy atom. The molecule has 0 bridgehead atoms. The fraction of sp³-hybridized carbons (Fsp3) is 0.0769. The van der Waals surface area contributed by atoms with Gasteiger partial charge in [-0.25, -0.2) is 0 Å². The van der Waals surface area contributed by atoms with Crippen LogP contribution in [0.4, 0.5) is 0 Å². The summed E-state index contributed by atoms with van der Waals surface area (Å²) < 4.78 is 5.54. The van der Waals surface area contributed by atoms with Crippen LogP contribution in [-0.4, -0.2) is 0 Å². The molecule has 0 atom stereocenters. The molecule has 15 heavy (non-hydrogen) atoms. The van der Waals surface area contributed by atoms with Crippen molar-refractivity contribution in [3.8, 4) is 5.75 Å². The summed E-state index contributed by atoms with van der Waals surface area (Å²) in [5.41, 5.74) is 1.17. The Kier molecular flexibility index (Phi) is 5.04. The van der Waals surface area contributed by atoms with Crippen LogP contribution in [0.1, 0.15) is 5.56 Å². The summed E-state index contributed by atoms with van der Waals surface area (Å²) in [5.74, 6) is 0.788. The van der Waals surface area contributed by atoms with Gasteiger partial charge in [-0.2, -0.15) is 18.2 Å². The molecule has 0 radical (unpaired) electrons. The Labute approximate surface area is 102 Å². The first-order valence-electron chi connectivity index (χ1n) is 4.58. The molecule has 0 aliphatic heterocycles. The Balaban J connectivity index is 0.00000112. The van der Waals surface area contributed by atoms with E-state index in [9.17, 15) is 0 Å². The van der Waals surface area contributed by atoms with Gasteiger partial charge in [0.05, 0.1) is 0 Å². The van der Waals surface area contributed by atoms with Gasteiger partial charge in [-0.15, -0.1) is 12.1 Å². The van der Waals surface area contributed by atoms with E-state index in [1.165, 1.54) is 5.56 Å². The second-order valence-corrected chi connectivity index (χ2v) is 3.00. The smallest absolute Gasteiger partial charge is 0.515 e. The predicted octanol–water partition coefficient (Wildman–Crippen LogP) is 0.0698. The van der Waals surface area contributed by atoms with Gasteiger partial charge in [-0.3, -0.25) is 0 Å². The maximum absolute atomic E-state index is 5.54. The third-order valence-corrected chi connectivity index (χ3v) is 1.92. The molecule has 0 fully saturated rings. The molecular weight excluding hydrogens is 179 g/mol. The average Bonchev–Trinajstić information content (AvgIpc) is 2.29. The van der Waals surface area contributed by atoms with E-state index in [2.05, 4.69) is 6.07 Å². The van der Waals surface area contributed by atoms with Crippen LogP contribution in [0, 0.1) is 6.07 Å². The maximum Gasteiger partial charge on any atom is 1.00 e. The molecule has 2 rings (SSSR count). The van der Waals surface area contributed by atoms with Gasteiger partial charge >= 0.3 is 18.9 Å². The third-order valence-electron chi connectivity index (χ3n) is 1.92. The molecule has 0 N–H and O–H groups in total. The summed E-state index contributed by atoms with van der Waals surface area (Å²) in [4.78, 5) is 0. The van der Waals surface area contributed by atoms with Crippen molar-refractivity contribution >= 4 is 0 Å². The zero-order chi connectivity index (χ0) is 9.64. The molecule has 0 unspecified atom stereocenters. The fourth-order valence-corrected chi connectivity index (χ4v) is 1.20. The molecule has 2 aromatic rings. The molecule has 0 spiro atoms. The van der Waals surface area contributed by atoms with Gasteiger partial charge < -0.3 is 4.74 Å². The quantitative estimate of drug-likeness (QED) is 0.491. The molecule has 0 saturated heterocycles. The Morgan fingerprint density at radius 2 is 1.67 bits per heavy atom. The summed E-state index contributed by atoms with van der Waals surface area (Å²) in [6.45, 7) is 0.599. The van der Waals surface area contributed by atoms with Crippen LogP contribution in [0.3, 0.4) is 0 Å². The van der Waals surface area contributed by atoms with Gasteiger partial charge in [0.15, 0.2) is 0 Å². The summed E-state index contributed by atoms with van der Waals surface area (Å²) in [6, 6.07) is 20.7. The van der Waals surface area contributed by atoms with Crippen molar-refractivity contribution in [3.63, 3.8) is 0 Å². The Hall–Kier alpha value is -1.16. The minimum atomic E-state index is 0. The van der Waals surface area contributed by atoms with Gasteiger partial charge in [-0.05, 0) is 5.56 Å². The summed E-state index contributed by atoms with van der Waals surface area (Å²) in [7, 11) is 0. The molecule has 0 heterocycles. The van der Waals surface area contributed by atoms with Crippen LogP contribution in [0.15, 0.2) is 54.6 Å². The largest absolute Gasteiger partial charge is 1.00 e. The van der Waals surface area contributed by atoms with E-state index in [0.717, 1.165) is 5.75 Å². The van der Waals surface area contributed by atoms with Crippen LogP contribution >= 0.6 is 0 Å².